The van der Waals surface area contributed by atoms with Gasteiger partial charge < -0.3 is 40.6 Å². The summed E-state index contributed by atoms with van der Waals surface area (Å²) in [4.78, 5) is 34.9. The van der Waals surface area contributed by atoms with Gasteiger partial charge in [-0.2, -0.15) is 0 Å². The van der Waals surface area contributed by atoms with E-state index in [0.717, 1.165) is 31.4 Å². The van der Waals surface area contributed by atoms with E-state index in [4.69, 9.17) is 9.31 Å². The minimum absolute atomic E-state index is 0.0801. The smallest absolute Gasteiger partial charge is 0.401 e. The molecule has 2 amide bonds. The predicted octanol–water partition coefficient (Wildman–Crippen LogP) is 2.77. The van der Waals surface area contributed by atoms with Gasteiger partial charge in [0.1, 0.15) is 17.8 Å². The van der Waals surface area contributed by atoms with Crippen molar-refractivity contribution in [1.29, 1.82) is 0 Å². The van der Waals surface area contributed by atoms with E-state index in [2.05, 4.69) is 38.1 Å². The van der Waals surface area contributed by atoms with Crippen LogP contribution in [0.4, 0.5) is 0 Å². The van der Waals surface area contributed by atoms with E-state index in [1.54, 1.807) is 0 Å². The van der Waals surface area contributed by atoms with Crippen molar-refractivity contribution in [2.24, 2.45) is 5.92 Å². The molecule has 1 aliphatic rings. The maximum Gasteiger partial charge on any atom is 0.481 e. The zero-order valence-electron chi connectivity index (χ0n) is 29.2. The summed E-state index contributed by atoms with van der Waals surface area (Å²) in [6.07, 6.45) is 12.9. The van der Waals surface area contributed by atoms with Crippen LogP contribution in [0.5, 0.6) is 0 Å². The van der Waals surface area contributed by atoms with Crippen LogP contribution in [0, 0.1) is 5.92 Å². The lowest BCUT2D eigenvalue weighted by Crippen LogP contribution is -2.55. The highest BCUT2D eigenvalue weighted by Gasteiger charge is 2.50. The molecule has 2 aromatic rings. The number of nitrogens with zero attached hydrogens (tertiary/aromatic N) is 2. The third-order valence-electron chi connectivity index (χ3n) is 8.50. The second kappa shape index (κ2) is 22.5. The number of hydrogen-bond donors (Lipinski definition) is 6. The number of rotatable bonds is 23. The summed E-state index contributed by atoms with van der Waals surface area (Å²) in [5.41, 5.74) is 0.925. The molecule has 6 atom stereocenters. The minimum Gasteiger partial charge on any atom is -0.401 e. The number of aromatic nitrogens is 2. The molecule has 0 bridgehead atoms. The van der Waals surface area contributed by atoms with Gasteiger partial charge in [0.05, 0.1) is 37.1 Å². The van der Waals surface area contributed by atoms with Crippen molar-refractivity contribution < 1.29 is 34.2 Å². The van der Waals surface area contributed by atoms with Crippen LogP contribution in [0.25, 0.3) is 0 Å². The predicted molar refractivity (Wildman–Crippen MR) is 189 cm³/mol. The van der Waals surface area contributed by atoms with Crippen molar-refractivity contribution in [3.63, 3.8) is 0 Å². The maximum absolute atomic E-state index is 13.9. The molecule has 1 fully saturated rings. The molecule has 1 aromatic carbocycles. The zero-order chi connectivity index (χ0) is 35.4. The molecule has 1 aromatic heterocycles. The van der Waals surface area contributed by atoms with Crippen molar-refractivity contribution in [2.75, 3.05) is 19.7 Å². The van der Waals surface area contributed by atoms with Crippen LogP contribution in [0.3, 0.4) is 0 Å². The molecule has 12 nitrogen and oxygen atoms in total. The Morgan fingerprint density at radius 1 is 0.959 bits per heavy atom. The Labute approximate surface area is 291 Å². The molecule has 270 valence electrons. The molecule has 0 spiro atoms. The summed E-state index contributed by atoms with van der Waals surface area (Å²) >= 11 is 0. The van der Waals surface area contributed by atoms with Gasteiger partial charge in [-0.15, -0.1) is 0 Å². The number of allylic oxidation sites excluding steroid dienone is 2. The highest BCUT2D eigenvalue weighted by molar-refractivity contribution is 6.47. The van der Waals surface area contributed by atoms with Crippen molar-refractivity contribution in [2.45, 2.75) is 115 Å². The fraction of sp³-hybridized carbons (Fsp3) is 0.611. The number of benzene rings is 1. The zero-order valence-corrected chi connectivity index (χ0v) is 29.2. The van der Waals surface area contributed by atoms with Gasteiger partial charge in [0, 0.05) is 25.4 Å². The van der Waals surface area contributed by atoms with Gasteiger partial charge >= 0.3 is 7.12 Å². The average Bonchev–Trinajstić information content (AvgIpc) is 3.56. The number of hydrogen-bond acceptors (Lipinski definition) is 10. The standard InChI is InChI=1S/C36H56BN5O7/c1-4-5-6-7-8-9-10-11-15-18-38-24-30(44)33-34(31(45)25-43)49-37(48-33)32(21-26(2)3)42-35(46)28(22-27-16-13-12-14-17-27)41-36(47)29-23-39-19-20-40-29/h4-5,12-14,16-17,19-20,23,26,28,30-34,38,43-45H,6-11,15,18,21-22,24-25H2,1-3H3,(H,41,47)(H,42,46)/b5-4-/t28-,30+,31?,32-,33?,34+/m0/s1. The van der Waals surface area contributed by atoms with Gasteiger partial charge in [-0.1, -0.05) is 82.0 Å². The number of aliphatic hydroxyl groups excluding tert-OH is 3. The summed E-state index contributed by atoms with van der Waals surface area (Å²) in [6.45, 7) is 6.39. The second-order valence-electron chi connectivity index (χ2n) is 13.1. The van der Waals surface area contributed by atoms with E-state index in [9.17, 15) is 24.9 Å². The number of carbonyl (C=O) groups is 2. The van der Waals surface area contributed by atoms with Crippen molar-refractivity contribution in [3.05, 3.63) is 72.3 Å². The second-order valence-corrected chi connectivity index (χ2v) is 13.1. The van der Waals surface area contributed by atoms with Crippen LogP contribution in [0.15, 0.2) is 61.1 Å². The first kappa shape index (κ1) is 40.2. The lowest BCUT2D eigenvalue weighted by Gasteiger charge is -2.26. The van der Waals surface area contributed by atoms with Crippen LogP contribution in [0.1, 0.15) is 88.2 Å². The molecule has 6 N–H and O–H groups in total. The van der Waals surface area contributed by atoms with E-state index in [-0.39, 0.29) is 24.6 Å². The van der Waals surface area contributed by atoms with Crippen LogP contribution >= 0.6 is 0 Å². The Hall–Kier alpha value is -3.20. The molecule has 2 heterocycles. The van der Waals surface area contributed by atoms with E-state index in [0.29, 0.717) is 6.42 Å². The summed E-state index contributed by atoms with van der Waals surface area (Å²) < 4.78 is 12.3. The molecular weight excluding hydrogens is 625 g/mol. The van der Waals surface area contributed by atoms with Crippen LogP contribution in [0.2, 0.25) is 0 Å². The van der Waals surface area contributed by atoms with Gasteiger partial charge in [-0.3, -0.25) is 14.6 Å². The largest absolute Gasteiger partial charge is 0.481 e. The van der Waals surface area contributed by atoms with Crippen LogP contribution in [-0.2, 0) is 20.5 Å². The van der Waals surface area contributed by atoms with Crippen LogP contribution in [-0.4, -0.2) is 100 Å². The molecule has 0 aliphatic carbocycles. The molecule has 49 heavy (non-hydrogen) atoms. The topological polar surface area (TPSA) is 175 Å². The molecular formula is C36H56BN5O7. The Morgan fingerprint density at radius 2 is 1.65 bits per heavy atom. The Balaban J connectivity index is 1.63. The van der Waals surface area contributed by atoms with Gasteiger partial charge in [-0.05, 0) is 50.6 Å². The Bertz CT molecular complexity index is 1240. The molecule has 13 heteroatoms. The van der Waals surface area contributed by atoms with Gasteiger partial charge in [0.2, 0.25) is 5.91 Å². The highest BCUT2D eigenvalue weighted by Crippen LogP contribution is 2.26. The molecule has 1 saturated heterocycles. The van der Waals surface area contributed by atoms with E-state index in [1.807, 2.05) is 51.1 Å². The summed E-state index contributed by atoms with van der Waals surface area (Å²) in [6, 6.07) is 8.37. The van der Waals surface area contributed by atoms with E-state index >= 15 is 0 Å². The number of unbranched alkanes of at least 4 members (excludes halogenated alkanes) is 6. The maximum atomic E-state index is 13.9. The lowest BCUT2D eigenvalue weighted by molar-refractivity contribution is -0.123. The quantitative estimate of drug-likeness (QED) is 0.0582. The number of carbonyl (C=O) groups excluding carboxylic acids is 2. The van der Waals surface area contributed by atoms with Gasteiger partial charge in [-0.25, -0.2) is 4.98 Å². The third-order valence-corrected chi connectivity index (χ3v) is 8.50. The molecule has 2 unspecified atom stereocenters. The SMILES string of the molecule is C/C=C\CCCCCCCCNC[C@@H](O)C1OB([C@H](CC(C)C)NC(=O)[C@H](Cc2ccccc2)NC(=O)c2cnccn2)O[C@@H]1C(O)CO. The first-order chi connectivity index (χ1) is 23.7. The van der Waals surface area contributed by atoms with Crippen LogP contribution < -0.4 is 16.0 Å². The highest BCUT2D eigenvalue weighted by atomic mass is 16.7. The van der Waals surface area contributed by atoms with Gasteiger partial charge in [0.15, 0.2) is 0 Å². The number of amides is 2. The summed E-state index contributed by atoms with van der Waals surface area (Å²) in [5.74, 6) is -1.57. The molecule has 0 radical (unpaired) electrons. The Morgan fingerprint density at radius 3 is 2.31 bits per heavy atom. The molecule has 1 aliphatic heterocycles. The third kappa shape index (κ3) is 14.3. The minimum atomic E-state index is -1.30. The number of aliphatic hydroxyl groups is 3. The Kier molecular flexibility index (Phi) is 18.5. The average molecular weight is 682 g/mol. The van der Waals surface area contributed by atoms with Gasteiger partial charge in [0.25, 0.3) is 5.91 Å². The van der Waals surface area contributed by atoms with Crippen molar-refractivity contribution >= 4 is 18.9 Å². The fourth-order valence-electron chi connectivity index (χ4n) is 5.90. The lowest BCUT2D eigenvalue weighted by atomic mass is 9.74. The van der Waals surface area contributed by atoms with Crippen molar-refractivity contribution in [3.8, 4) is 0 Å². The molecule has 3 rings (SSSR count). The first-order valence-corrected chi connectivity index (χ1v) is 17.7. The summed E-state index contributed by atoms with van der Waals surface area (Å²) in [7, 11) is -1.02. The van der Waals surface area contributed by atoms with E-state index in [1.165, 1.54) is 44.3 Å². The summed E-state index contributed by atoms with van der Waals surface area (Å²) in [5, 5.41) is 40.6. The normalized spacial score (nSPS) is 18.8. The van der Waals surface area contributed by atoms with E-state index < -0.39 is 61.9 Å². The first-order valence-electron chi connectivity index (χ1n) is 17.7. The molecule has 0 saturated carbocycles. The number of nitrogens with one attached hydrogen (secondary N) is 3. The fourth-order valence-corrected chi connectivity index (χ4v) is 5.90. The van der Waals surface area contributed by atoms with Crippen molar-refractivity contribution in [1.82, 2.24) is 25.9 Å². The monoisotopic (exact) mass is 681 g/mol.